The van der Waals surface area contributed by atoms with Gasteiger partial charge in [-0.1, -0.05) is 35.9 Å². The van der Waals surface area contributed by atoms with E-state index in [0.29, 0.717) is 0 Å². The third-order valence-electron chi connectivity index (χ3n) is 4.30. The lowest BCUT2D eigenvalue weighted by atomic mass is 9.86. The summed E-state index contributed by atoms with van der Waals surface area (Å²) >= 11 is 0. The Hall–Kier alpha value is -1.80. The van der Waals surface area contributed by atoms with Crippen molar-refractivity contribution in [3.63, 3.8) is 0 Å². The third-order valence-corrected chi connectivity index (χ3v) is 4.30. The third kappa shape index (κ3) is 2.32. The van der Waals surface area contributed by atoms with Crippen LogP contribution in [0.2, 0.25) is 0 Å². The van der Waals surface area contributed by atoms with Crippen LogP contribution in [0.1, 0.15) is 28.7 Å². The number of fused-ring (bicyclic) bond motifs is 1. The van der Waals surface area contributed by atoms with Crippen molar-refractivity contribution in [1.82, 2.24) is 0 Å². The van der Waals surface area contributed by atoms with Gasteiger partial charge in [-0.15, -0.1) is 0 Å². The molecule has 0 saturated heterocycles. The molecule has 1 aliphatic carbocycles. The number of methoxy groups -OCH3 is 1. The van der Waals surface area contributed by atoms with Gasteiger partial charge in [0.1, 0.15) is 5.75 Å². The van der Waals surface area contributed by atoms with Crippen LogP contribution in [0.4, 0.5) is 0 Å². The monoisotopic (exact) mass is 267 g/mol. The van der Waals surface area contributed by atoms with Gasteiger partial charge in [-0.2, -0.15) is 0 Å². The first-order valence-corrected chi connectivity index (χ1v) is 7.12. The fourth-order valence-corrected chi connectivity index (χ4v) is 3.23. The molecule has 1 aliphatic rings. The van der Waals surface area contributed by atoms with E-state index in [1.807, 2.05) is 6.07 Å². The Balaban J connectivity index is 1.95. The first kappa shape index (κ1) is 13.2. The van der Waals surface area contributed by atoms with E-state index in [2.05, 4.69) is 43.3 Å². The SMILES string of the molecule is COc1ccc2c(c1)C(N)(Cc1cccc(C)c1)CC2. The number of benzene rings is 2. The lowest BCUT2D eigenvalue weighted by Gasteiger charge is -2.26. The smallest absolute Gasteiger partial charge is 0.119 e. The second kappa shape index (κ2) is 4.95. The lowest BCUT2D eigenvalue weighted by molar-refractivity contribution is 0.407. The summed E-state index contributed by atoms with van der Waals surface area (Å²) in [6, 6.07) is 14.9. The van der Waals surface area contributed by atoms with Crippen molar-refractivity contribution in [3.05, 3.63) is 64.7 Å². The number of rotatable bonds is 3. The lowest BCUT2D eigenvalue weighted by Crippen LogP contribution is -2.36. The molecule has 2 nitrogen and oxygen atoms in total. The predicted octanol–water partition coefficient (Wildman–Crippen LogP) is 3.35. The highest BCUT2D eigenvalue weighted by molar-refractivity contribution is 5.45. The number of ether oxygens (including phenoxy) is 1. The van der Waals surface area contributed by atoms with Crippen LogP contribution >= 0.6 is 0 Å². The Labute approximate surface area is 120 Å². The second-order valence-electron chi connectivity index (χ2n) is 5.85. The zero-order valence-corrected chi connectivity index (χ0v) is 12.1. The van der Waals surface area contributed by atoms with Crippen molar-refractivity contribution >= 4 is 0 Å². The molecular weight excluding hydrogens is 246 g/mol. The summed E-state index contributed by atoms with van der Waals surface area (Å²) in [6.45, 7) is 2.12. The second-order valence-corrected chi connectivity index (χ2v) is 5.85. The zero-order chi connectivity index (χ0) is 14.2. The summed E-state index contributed by atoms with van der Waals surface area (Å²) in [5, 5.41) is 0. The number of hydrogen-bond acceptors (Lipinski definition) is 2. The van der Waals surface area contributed by atoms with Crippen LogP contribution in [0.15, 0.2) is 42.5 Å². The average molecular weight is 267 g/mol. The minimum absolute atomic E-state index is 0.266. The predicted molar refractivity (Wildman–Crippen MR) is 82.1 cm³/mol. The van der Waals surface area contributed by atoms with Crippen LogP contribution in [0.5, 0.6) is 5.75 Å². The average Bonchev–Trinajstić information content (AvgIpc) is 2.76. The molecule has 0 fully saturated rings. The highest BCUT2D eigenvalue weighted by Crippen LogP contribution is 2.39. The normalized spacial score (nSPS) is 20.8. The van der Waals surface area contributed by atoms with E-state index in [4.69, 9.17) is 10.5 Å². The van der Waals surface area contributed by atoms with E-state index < -0.39 is 0 Å². The molecule has 2 heteroatoms. The molecule has 3 rings (SSSR count). The quantitative estimate of drug-likeness (QED) is 0.925. The van der Waals surface area contributed by atoms with Crippen molar-refractivity contribution in [1.29, 1.82) is 0 Å². The first-order valence-electron chi connectivity index (χ1n) is 7.12. The van der Waals surface area contributed by atoms with Crippen LogP contribution in [-0.2, 0) is 18.4 Å². The first-order chi connectivity index (χ1) is 9.60. The minimum atomic E-state index is -0.266. The van der Waals surface area contributed by atoms with Gasteiger partial charge in [0.15, 0.2) is 0 Å². The van der Waals surface area contributed by atoms with E-state index in [9.17, 15) is 0 Å². The van der Waals surface area contributed by atoms with Crippen molar-refractivity contribution < 1.29 is 4.74 Å². The Kier molecular flexibility index (Phi) is 3.27. The van der Waals surface area contributed by atoms with E-state index >= 15 is 0 Å². The number of nitrogens with two attached hydrogens (primary N) is 1. The van der Waals surface area contributed by atoms with Crippen molar-refractivity contribution in [2.45, 2.75) is 31.7 Å². The summed E-state index contributed by atoms with van der Waals surface area (Å²) < 4.78 is 5.35. The molecule has 0 spiro atoms. The van der Waals surface area contributed by atoms with Crippen LogP contribution < -0.4 is 10.5 Å². The van der Waals surface area contributed by atoms with Crippen LogP contribution in [0.3, 0.4) is 0 Å². The van der Waals surface area contributed by atoms with Gasteiger partial charge in [0.05, 0.1) is 7.11 Å². The van der Waals surface area contributed by atoms with Crippen molar-refractivity contribution in [2.75, 3.05) is 7.11 Å². The summed E-state index contributed by atoms with van der Waals surface area (Å²) in [7, 11) is 1.70. The van der Waals surface area contributed by atoms with Gasteiger partial charge in [0.25, 0.3) is 0 Å². The summed E-state index contributed by atoms with van der Waals surface area (Å²) in [5.41, 5.74) is 11.7. The van der Waals surface area contributed by atoms with Crippen molar-refractivity contribution in [3.8, 4) is 5.75 Å². The molecule has 0 radical (unpaired) electrons. The summed E-state index contributed by atoms with van der Waals surface area (Å²) in [4.78, 5) is 0. The highest BCUT2D eigenvalue weighted by atomic mass is 16.5. The van der Waals surface area contributed by atoms with Gasteiger partial charge >= 0.3 is 0 Å². The topological polar surface area (TPSA) is 35.2 Å². The zero-order valence-electron chi connectivity index (χ0n) is 12.1. The number of hydrogen-bond donors (Lipinski definition) is 1. The van der Waals surface area contributed by atoms with Crippen LogP contribution in [0.25, 0.3) is 0 Å². The molecule has 0 saturated carbocycles. The fourth-order valence-electron chi connectivity index (χ4n) is 3.23. The molecule has 1 unspecified atom stereocenters. The Morgan fingerprint density at radius 2 is 2.05 bits per heavy atom. The molecule has 1 atom stereocenters. The van der Waals surface area contributed by atoms with E-state index in [-0.39, 0.29) is 5.54 Å². The Bertz CT molecular complexity index is 635. The highest BCUT2D eigenvalue weighted by Gasteiger charge is 2.35. The maximum atomic E-state index is 6.72. The maximum Gasteiger partial charge on any atom is 0.119 e. The summed E-state index contributed by atoms with van der Waals surface area (Å²) in [6.07, 6.45) is 2.94. The number of aryl methyl sites for hydroxylation is 2. The molecule has 0 aromatic heterocycles. The summed E-state index contributed by atoms with van der Waals surface area (Å²) in [5.74, 6) is 0.893. The van der Waals surface area contributed by atoms with E-state index in [1.165, 1.54) is 22.3 Å². The minimum Gasteiger partial charge on any atom is -0.497 e. The molecule has 0 bridgehead atoms. The van der Waals surface area contributed by atoms with E-state index in [1.54, 1.807) is 7.11 Å². The maximum absolute atomic E-state index is 6.72. The fraction of sp³-hybridized carbons (Fsp3) is 0.333. The molecule has 2 N–H and O–H groups in total. The van der Waals surface area contributed by atoms with Gasteiger partial charge in [-0.05, 0) is 55.0 Å². The van der Waals surface area contributed by atoms with Gasteiger partial charge in [0.2, 0.25) is 0 Å². The molecule has 0 aliphatic heterocycles. The molecular formula is C18H21NO. The van der Waals surface area contributed by atoms with Crippen LogP contribution in [-0.4, -0.2) is 7.11 Å². The Morgan fingerprint density at radius 3 is 2.80 bits per heavy atom. The molecule has 0 amide bonds. The van der Waals surface area contributed by atoms with Crippen LogP contribution in [0, 0.1) is 6.92 Å². The van der Waals surface area contributed by atoms with Gasteiger partial charge in [-0.3, -0.25) is 0 Å². The molecule has 2 aromatic carbocycles. The molecule has 20 heavy (non-hydrogen) atoms. The molecule has 0 heterocycles. The molecule has 2 aromatic rings. The van der Waals surface area contributed by atoms with Crippen molar-refractivity contribution in [2.24, 2.45) is 5.73 Å². The van der Waals surface area contributed by atoms with Gasteiger partial charge in [-0.25, -0.2) is 0 Å². The molecule has 104 valence electrons. The largest absolute Gasteiger partial charge is 0.497 e. The van der Waals surface area contributed by atoms with Gasteiger partial charge < -0.3 is 10.5 Å². The van der Waals surface area contributed by atoms with E-state index in [0.717, 1.165) is 25.0 Å². The Morgan fingerprint density at radius 1 is 1.20 bits per heavy atom. The standard InChI is InChI=1S/C18H21NO/c1-13-4-3-5-14(10-13)12-18(19)9-8-15-6-7-16(20-2)11-17(15)18/h3-7,10-11H,8-9,12,19H2,1-2H3. The van der Waals surface area contributed by atoms with Gasteiger partial charge in [0, 0.05) is 5.54 Å².